The number of hydrogen-bond donors (Lipinski definition) is 2. The van der Waals surface area contributed by atoms with Crippen molar-refractivity contribution in [2.75, 3.05) is 40.5 Å². The van der Waals surface area contributed by atoms with Crippen molar-refractivity contribution >= 4 is 49.0 Å². The fraction of sp³-hybridized carbons (Fsp3) is 0.278. The molecule has 0 aliphatic carbocycles. The second-order valence-electron chi connectivity index (χ2n) is 6.46. The first kappa shape index (κ1) is 21.5. The molecule has 1 aliphatic heterocycles. The van der Waals surface area contributed by atoms with Crippen LogP contribution in [0.5, 0.6) is 0 Å². The van der Waals surface area contributed by atoms with Crippen LogP contribution in [0.15, 0.2) is 52.3 Å². The molecule has 0 saturated carbocycles. The highest BCUT2D eigenvalue weighted by molar-refractivity contribution is 7.99. The maximum Gasteiger partial charge on any atom is 0.337 e. The molecular formula is C18H20N2O6S3. The van der Waals surface area contributed by atoms with Crippen LogP contribution in [0.3, 0.4) is 0 Å². The molecule has 3 rings (SSSR count). The summed E-state index contributed by atoms with van der Waals surface area (Å²) in [5, 5.41) is 9.60. The number of nitrogens with zero attached hydrogens (tertiary/aromatic N) is 1. The van der Waals surface area contributed by atoms with Gasteiger partial charge in [0.05, 0.1) is 16.1 Å². The third-order valence-corrected chi connectivity index (χ3v) is 8.04. The Morgan fingerprint density at radius 2 is 1.66 bits per heavy atom. The van der Waals surface area contributed by atoms with Gasteiger partial charge in [-0.1, -0.05) is 12.1 Å². The van der Waals surface area contributed by atoms with Gasteiger partial charge in [0.2, 0.25) is 0 Å². The molecule has 0 radical (unpaired) electrons. The Balaban J connectivity index is 1.98. The van der Waals surface area contributed by atoms with Crippen molar-refractivity contribution in [3.8, 4) is 0 Å². The third kappa shape index (κ3) is 4.85. The number of carboxylic acids is 1. The number of benzene rings is 2. The molecule has 1 fully saturated rings. The Hall–Kier alpha value is -2.24. The van der Waals surface area contributed by atoms with E-state index >= 15 is 0 Å². The van der Waals surface area contributed by atoms with Gasteiger partial charge in [-0.15, -0.1) is 0 Å². The van der Waals surface area contributed by atoms with Crippen molar-refractivity contribution in [3.63, 3.8) is 0 Å². The highest BCUT2D eigenvalue weighted by Crippen LogP contribution is 2.29. The molecule has 2 N–H and O–H groups in total. The summed E-state index contributed by atoms with van der Waals surface area (Å²) in [6.45, 7) is 1.41. The average molecular weight is 457 g/mol. The molecule has 11 heteroatoms. The Bertz CT molecular complexity index is 1140. The summed E-state index contributed by atoms with van der Waals surface area (Å²) in [5.74, 6) is 0.599. The van der Waals surface area contributed by atoms with Crippen LogP contribution in [0.1, 0.15) is 10.4 Å². The summed E-state index contributed by atoms with van der Waals surface area (Å²) in [6, 6.07) is 9.55. The van der Waals surface area contributed by atoms with E-state index in [9.17, 15) is 26.7 Å². The molecule has 1 heterocycles. The molecule has 29 heavy (non-hydrogen) atoms. The molecule has 0 amide bonds. The standard InChI is InChI=1S/C18H20N2O6S3/c1-28(23,24)16-4-2-3-5-17(16)29(25,26)19-13-6-7-15(14(12-13)18(21)22)20-8-10-27-11-9-20/h2-7,12,19H,8-11H2,1H3,(H,21,22). The lowest BCUT2D eigenvalue weighted by Gasteiger charge is -2.29. The summed E-state index contributed by atoms with van der Waals surface area (Å²) in [7, 11) is -8.02. The van der Waals surface area contributed by atoms with E-state index in [-0.39, 0.29) is 16.1 Å². The molecule has 8 nitrogen and oxygen atoms in total. The molecule has 0 unspecified atom stereocenters. The molecule has 0 bridgehead atoms. The number of thioether (sulfide) groups is 1. The Labute approximate surface area is 173 Å². The van der Waals surface area contributed by atoms with E-state index in [0.717, 1.165) is 17.8 Å². The highest BCUT2D eigenvalue weighted by atomic mass is 32.2. The van der Waals surface area contributed by atoms with Crippen LogP contribution in [-0.4, -0.2) is 58.8 Å². The number of anilines is 2. The number of nitrogens with one attached hydrogen (secondary N) is 1. The molecule has 2 aromatic rings. The fourth-order valence-electron chi connectivity index (χ4n) is 3.04. The molecule has 1 aliphatic rings. The number of rotatable bonds is 6. The highest BCUT2D eigenvalue weighted by Gasteiger charge is 2.25. The number of carboxylic acid groups (broad SMARTS) is 1. The van der Waals surface area contributed by atoms with Crippen LogP contribution in [0.2, 0.25) is 0 Å². The van der Waals surface area contributed by atoms with Gasteiger partial charge in [-0.2, -0.15) is 11.8 Å². The number of aromatic carboxylic acids is 1. The van der Waals surface area contributed by atoms with E-state index in [1.54, 1.807) is 17.8 Å². The first-order valence-corrected chi connectivity index (χ1v) is 13.1. The van der Waals surface area contributed by atoms with Crippen molar-refractivity contribution in [1.82, 2.24) is 0 Å². The molecular weight excluding hydrogens is 436 g/mol. The van der Waals surface area contributed by atoms with E-state index in [1.807, 2.05) is 4.90 Å². The minimum absolute atomic E-state index is 0.0199. The second kappa shape index (κ2) is 8.25. The largest absolute Gasteiger partial charge is 0.478 e. The summed E-state index contributed by atoms with van der Waals surface area (Å²) < 4.78 is 51.8. The van der Waals surface area contributed by atoms with Crippen LogP contribution in [0, 0.1) is 0 Å². The smallest absolute Gasteiger partial charge is 0.337 e. The maximum absolute atomic E-state index is 12.8. The molecule has 0 spiro atoms. The summed E-state index contributed by atoms with van der Waals surface area (Å²) >= 11 is 1.79. The monoisotopic (exact) mass is 456 g/mol. The number of hydrogen-bond acceptors (Lipinski definition) is 7. The van der Waals surface area contributed by atoms with E-state index in [1.165, 1.54) is 36.4 Å². The molecule has 156 valence electrons. The maximum atomic E-state index is 12.8. The Kier molecular flexibility index (Phi) is 6.11. The van der Waals surface area contributed by atoms with Gasteiger partial charge >= 0.3 is 5.97 Å². The lowest BCUT2D eigenvalue weighted by atomic mass is 10.1. The van der Waals surface area contributed by atoms with E-state index < -0.39 is 30.7 Å². The lowest BCUT2D eigenvalue weighted by Crippen LogP contribution is -2.33. The third-order valence-electron chi connectivity index (χ3n) is 4.37. The first-order valence-electron chi connectivity index (χ1n) is 8.61. The van der Waals surface area contributed by atoms with E-state index in [0.29, 0.717) is 18.8 Å². The van der Waals surface area contributed by atoms with Crippen molar-refractivity contribution in [2.45, 2.75) is 9.79 Å². The zero-order valence-corrected chi connectivity index (χ0v) is 18.0. The quantitative estimate of drug-likeness (QED) is 0.678. The van der Waals surface area contributed by atoms with Crippen LogP contribution < -0.4 is 9.62 Å². The van der Waals surface area contributed by atoms with Crippen molar-refractivity contribution in [3.05, 3.63) is 48.0 Å². The lowest BCUT2D eigenvalue weighted by molar-refractivity contribution is 0.0697. The van der Waals surface area contributed by atoms with Crippen molar-refractivity contribution in [1.29, 1.82) is 0 Å². The van der Waals surface area contributed by atoms with Crippen LogP contribution >= 0.6 is 11.8 Å². The summed E-state index contributed by atoms with van der Waals surface area (Å²) in [6.07, 6.45) is 0.926. The van der Waals surface area contributed by atoms with Gasteiger partial charge in [0.25, 0.3) is 10.0 Å². The van der Waals surface area contributed by atoms with Gasteiger partial charge < -0.3 is 10.0 Å². The fourth-order valence-corrected chi connectivity index (χ4v) is 6.62. The van der Waals surface area contributed by atoms with Crippen molar-refractivity contribution < 1.29 is 26.7 Å². The van der Waals surface area contributed by atoms with Gasteiger partial charge in [-0.3, -0.25) is 4.72 Å². The predicted octanol–water partition coefficient (Wildman–Crippen LogP) is 2.14. The van der Waals surface area contributed by atoms with Gasteiger partial charge in [0, 0.05) is 36.5 Å². The van der Waals surface area contributed by atoms with Gasteiger partial charge in [-0.05, 0) is 30.3 Å². The SMILES string of the molecule is CS(=O)(=O)c1ccccc1S(=O)(=O)Nc1ccc(N2CCSCC2)c(C(=O)O)c1. The van der Waals surface area contributed by atoms with Gasteiger partial charge in [-0.25, -0.2) is 21.6 Å². The van der Waals surface area contributed by atoms with Crippen LogP contribution in [-0.2, 0) is 19.9 Å². The molecule has 1 saturated heterocycles. The van der Waals surface area contributed by atoms with Crippen LogP contribution in [0.25, 0.3) is 0 Å². The second-order valence-corrected chi connectivity index (χ2v) is 11.3. The minimum Gasteiger partial charge on any atom is -0.478 e. The normalized spacial score (nSPS) is 15.1. The number of sulfonamides is 1. The predicted molar refractivity (Wildman–Crippen MR) is 113 cm³/mol. The number of sulfone groups is 1. The van der Waals surface area contributed by atoms with Gasteiger partial charge in [0.1, 0.15) is 4.90 Å². The van der Waals surface area contributed by atoms with E-state index in [4.69, 9.17) is 0 Å². The summed E-state index contributed by atoms with van der Waals surface area (Å²) in [5.41, 5.74) is 0.548. The average Bonchev–Trinajstić information content (AvgIpc) is 2.67. The van der Waals surface area contributed by atoms with Gasteiger partial charge in [0.15, 0.2) is 9.84 Å². The molecule has 0 aromatic heterocycles. The van der Waals surface area contributed by atoms with E-state index in [2.05, 4.69) is 4.72 Å². The zero-order chi connectivity index (χ0) is 21.2. The minimum atomic E-state index is -4.25. The Morgan fingerprint density at radius 3 is 2.24 bits per heavy atom. The number of carbonyl (C=O) groups is 1. The molecule has 2 aromatic carbocycles. The topological polar surface area (TPSA) is 121 Å². The Morgan fingerprint density at radius 1 is 1.03 bits per heavy atom. The first-order chi connectivity index (χ1) is 13.6. The van der Waals surface area contributed by atoms with Crippen LogP contribution in [0.4, 0.5) is 11.4 Å². The zero-order valence-electron chi connectivity index (χ0n) is 15.5. The summed E-state index contributed by atoms with van der Waals surface area (Å²) in [4.78, 5) is 13.0. The molecule has 0 atom stereocenters. The van der Waals surface area contributed by atoms with Crippen molar-refractivity contribution in [2.24, 2.45) is 0 Å².